The highest BCUT2D eigenvalue weighted by molar-refractivity contribution is 7.17. The van der Waals surface area contributed by atoms with Crippen LogP contribution in [0.4, 0.5) is 0 Å². The number of hydrogen-bond acceptors (Lipinski definition) is 5. The fourth-order valence-electron chi connectivity index (χ4n) is 4.87. The first-order chi connectivity index (χ1) is 19.3. The summed E-state index contributed by atoms with van der Waals surface area (Å²) in [5, 5.41) is 13.4. The molecule has 3 aromatic heterocycles. The molecule has 2 aromatic carbocycles. The third-order valence-electron chi connectivity index (χ3n) is 7.24. The highest BCUT2D eigenvalue weighted by Crippen LogP contribution is 2.38. The van der Waals surface area contributed by atoms with E-state index in [0.717, 1.165) is 32.4 Å². The molecule has 0 bridgehead atoms. The van der Waals surface area contributed by atoms with Gasteiger partial charge in [0.15, 0.2) is 5.78 Å². The largest absolute Gasteiger partial charge is 0.487 e. The van der Waals surface area contributed by atoms with Gasteiger partial charge in [0.2, 0.25) is 0 Å². The Hall–Kier alpha value is -3.68. The van der Waals surface area contributed by atoms with E-state index in [1.165, 1.54) is 0 Å². The van der Waals surface area contributed by atoms with E-state index in [1.807, 2.05) is 86.8 Å². The number of carbonyl (C=O) groups is 2. The molecular weight excluding hydrogens is 556 g/mol. The summed E-state index contributed by atoms with van der Waals surface area (Å²) >= 11 is 7.79. The van der Waals surface area contributed by atoms with Crippen LogP contribution < -0.4 is 4.74 Å². The molecular formula is C33H33ClN2O4S. The molecule has 0 radical (unpaired) electrons. The van der Waals surface area contributed by atoms with Crippen molar-refractivity contribution in [2.24, 2.45) is 10.8 Å². The number of pyridine rings is 1. The van der Waals surface area contributed by atoms with Crippen LogP contribution in [0, 0.1) is 10.8 Å². The van der Waals surface area contributed by atoms with E-state index in [1.54, 1.807) is 25.2 Å². The van der Waals surface area contributed by atoms with Crippen LogP contribution >= 0.6 is 22.9 Å². The van der Waals surface area contributed by atoms with Crippen molar-refractivity contribution in [2.45, 2.75) is 54.2 Å². The highest BCUT2D eigenvalue weighted by Gasteiger charge is 2.35. The summed E-state index contributed by atoms with van der Waals surface area (Å²) in [5.41, 5.74) is 3.05. The summed E-state index contributed by atoms with van der Waals surface area (Å²) in [4.78, 5) is 30.9. The normalized spacial score (nSPS) is 12.2. The van der Waals surface area contributed by atoms with Gasteiger partial charge in [-0.2, -0.15) is 0 Å². The van der Waals surface area contributed by atoms with Gasteiger partial charge in [0, 0.05) is 45.6 Å². The standard InChI is InChI=1S/C33H33ClN2O4S/c1-32(2,3)30(37)29-24-16-23(40-19-22-10-13-28-25(35-22)14-15-41-28)11-12-26(24)36(18-20-6-8-21(34)9-7-20)27(29)17-33(4,5)31(38)39/h6-16H,17-19H2,1-5H3,(H,38,39). The maximum Gasteiger partial charge on any atom is 0.309 e. The van der Waals surface area contributed by atoms with E-state index in [2.05, 4.69) is 9.55 Å². The zero-order chi connectivity index (χ0) is 29.5. The van der Waals surface area contributed by atoms with E-state index in [0.29, 0.717) is 28.6 Å². The smallest absolute Gasteiger partial charge is 0.309 e. The van der Waals surface area contributed by atoms with Gasteiger partial charge >= 0.3 is 5.97 Å². The van der Waals surface area contributed by atoms with Crippen molar-refractivity contribution >= 4 is 55.8 Å². The van der Waals surface area contributed by atoms with Gasteiger partial charge in [-0.3, -0.25) is 9.59 Å². The Morgan fingerprint density at radius 1 is 1.00 bits per heavy atom. The van der Waals surface area contributed by atoms with Crippen molar-refractivity contribution in [2.75, 3.05) is 0 Å². The number of carboxylic acids is 1. The van der Waals surface area contributed by atoms with Crippen molar-refractivity contribution in [1.29, 1.82) is 0 Å². The second-order valence-electron chi connectivity index (χ2n) is 12.1. The number of benzene rings is 2. The van der Waals surface area contributed by atoms with Crippen molar-refractivity contribution < 1.29 is 19.4 Å². The number of thiophene rings is 1. The van der Waals surface area contributed by atoms with Gasteiger partial charge < -0.3 is 14.4 Å². The first kappa shape index (κ1) is 28.8. The molecule has 0 spiro atoms. The second-order valence-corrected chi connectivity index (χ2v) is 13.4. The van der Waals surface area contributed by atoms with Crippen molar-refractivity contribution in [1.82, 2.24) is 9.55 Å². The molecule has 0 fully saturated rings. The number of ketones is 1. The third-order valence-corrected chi connectivity index (χ3v) is 8.37. The van der Waals surface area contributed by atoms with E-state index in [4.69, 9.17) is 16.3 Å². The molecule has 1 N–H and O–H groups in total. The molecule has 0 aliphatic carbocycles. The van der Waals surface area contributed by atoms with Crippen LogP contribution in [0.5, 0.6) is 5.75 Å². The number of carboxylic acid groups (broad SMARTS) is 1. The lowest BCUT2D eigenvalue weighted by Gasteiger charge is -2.24. The predicted molar refractivity (Wildman–Crippen MR) is 165 cm³/mol. The molecule has 6 nitrogen and oxygen atoms in total. The molecule has 0 saturated carbocycles. The number of nitrogens with zero attached hydrogens (tertiary/aromatic N) is 2. The molecule has 0 unspecified atom stereocenters. The molecule has 0 aliphatic heterocycles. The maximum absolute atomic E-state index is 14.0. The second kappa shape index (κ2) is 11.0. The van der Waals surface area contributed by atoms with Crippen LogP contribution in [0.1, 0.15) is 61.9 Å². The maximum atomic E-state index is 14.0. The van der Waals surface area contributed by atoms with Gasteiger partial charge in [0.1, 0.15) is 12.4 Å². The summed E-state index contributed by atoms with van der Waals surface area (Å²) in [6.07, 6.45) is 0.183. The molecule has 212 valence electrons. The minimum atomic E-state index is -1.09. The van der Waals surface area contributed by atoms with Gasteiger partial charge in [-0.25, -0.2) is 4.98 Å². The fourth-order valence-corrected chi connectivity index (χ4v) is 5.72. The molecule has 0 aliphatic rings. The number of fused-ring (bicyclic) bond motifs is 2. The summed E-state index contributed by atoms with van der Waals surface area (Å²) in [5.74, 6) is -0.357. The molecule has 8 heteroatoms. The average Bonchev–Trinajstić information content (AvgIpc) is 3.49. The number of aromatic nitrogens is 2. The summed E-state index contributed by atoms with van der Waals surface area (Å²) < 4.78 is 9.37. The van der Waals surface area contributed by atoms with Crippen LogP contribution in [0.15, 0.2) is 66.0 Å². The van der Waals surface area contributed by atoms with E-state index in [-0.39, 0.29) is 18.8 Å². The minimum Gasteiger partial charge on any atom is -0.487 e. The molecule has 5 rings (SSSR count). The molecule has 41 heavy (non-hydrogen) atoms. The number of ether oxygens (including phenoxy) is 1. The van der Waals surface area contributed by atoms with E-state index in [9.17, 15) is 14.7 Å². The Bertz CT molecular complexity index is 1760. The number of aliphatic carboxylic acids is 1. The average molecular weight is 589 g/mol. The van der Waals surface area contributed by atoms with Crippen LogP contribution in [0.25, 0.3) is 21.1 Å². The lowest BCUT2D eigenvalue weighted by molar-refractivity contribution is -0.146. The minimum absolute atomic E-state index is 0.0460. The van der Waals surface area contributed by atoms with Gasteiger partial charge in [-0.05, 0) is 73.3 Å². The fraction of sp³-hybridized carbons (Fsp3) is 0.303. The summed E-state index contributed by atoms with van der Waals surface area (Å²) in [6.45, 7) is 9.78. The first-order valence-corrected chi connectivity index (χ1v) is 14.7. The monoisotopic (exact) mass is 588 g/mol. The predicted octanol–water partition coefficient (Wildman–Crippen LogP) is 8.41. The van der Waals surface area contributed by atoms with Gasteiger partial charge in [-0.1, -0.05) is 44.5 Å². The Kier molecular flexibility index (Phi) is 7.70. The molecule has 0 amide bonds. The summed E-state index contributed by atoms with van der Waals surface area (Å²) in [7, 11) is 0. The first-order valence-electron chi connectivity index (χ1n) is 13.5. The Labute approximate surface area is 248 Å². The zero-order valence-electron chi connectivity index (χ0n) is 23.8. The van der Waals surface area contributed by atoms with Crippen molar-refractivity contribution in [3.05, 3.63) is 93.6 Å². The highest BCUT2D eigenvalue weighted by atomic mass is 35.5. The van der Waals surface area contributed by atoms with E-state index < -0.39 is 16.8 Å². The van der Waals surface area contributed by atoms with Gasteiger partial charge in [0.05, 0.1) is 21.3 Å². The third kappa shape index (κ3) is 6.02. The number of carbonyl (C=O) groups excluding carboxylic acids is 1. The number of hydrogen-bond donors (Lipinski definition) is 1. The summed E-state index contributed by atoms with van der Waals surface area (Å²) in [6, 6.07) is 19.3. The number of Topliss-reactive ketones (excluding diaryl/α,β-unsaturated/α-hetero) is 1. The Morgan fingerprint density at radius 3 is 2.41 bits per heavy atom. The van der Waals surface area contributed by atoms with Crippen LogP contribution in [-0.4, -0.2) is 26.4 Å². The SMILES string of the molecule is CC(C)(C)C(=O)c1c(CC(C)(C)C(=O)O)n(Cc2ccc(Cl)cc2)c2ccc(OCc3ccc4sccc4n3)cc12. The van der Waals surface area contributed by atoms with Crippen molar-refractivity contribution in [3.8, 4) is 5.75 Å². The van der Waals surface area contributed by atoms with Crippen LogP contribution in [0.2, 0.25) is 5.02 Å². The van der Waals surface area contributed by atoms with Crippen LogP contribution in [0.3, 0.4) is 0 Å². The molecule has 0 atom stereocenters. The lowest BCUT2D eigenvalue weighted by atomic mass is 9.81. The van der Waals surface area contributed by atoms with Gasteiger partial charge in [-0.15, -0.1) is 11.3 Å². The van der Waals surface area contributed by atoms with Gasteiger partial charge in [0.25, 0.3) is 0 Å². The molecule has 5 aromatic rings. The van der Waals surface area contributed by atoms with Crippen LogP contribution in [-0.2, 0) is 24.4 Å². The molecule has 0 saturated heterocycles. The zero-order valence-corrected chi connectivity index (χ0v) is 25.4. The number of halogens is 1. The molecule has 3 heterocycles. The Morgan fingerprint density at radius 2 is 1.73 bits per heavy atom. The topological polar surface area (TPSA) is 81.4 Å². The lowest BCUT2D eigenvalue weighted by Crippen LogP contribution is -2.29. The van der Waals surface area contributed by atoms with Crippen molar-refractivity contribution in [3.63, 3.8) is 0 Å². The Balaban J connectivity index is 1.63. The van der Waals surface area contributed by atoms with E-state index >= 15 is 0 Å². The number of rotatable bonds is 9. The quantitative estimate of drug-likeness (QED) is 0.175.